The van der Waals surface area contributed by atoms with E-state index in [9.17, 15) is 0 Å². The highest BCUT2D eigenvalue weighted by atomic mass is 32.1. The summed E-state index contributed by atoms with van der Waals surface area (Å²) in [5, 5.41) is 1.26. The van der Waals surface area contributed by atoms with Gasteiger partial charge >= 0.3 is 0 Å². The molecule has 2 rings (SSSR count). The Morgan fingerprint density at radius 3 is 3.00 bits per heavy atom. The van der Waals surface area contributed by atoms with Gasteiger partial charge in [-0.3, -0.25) is 0 Å². The Hall–Kier alpha value is -0.410. The number of hydrogen-bond acceptors (Lipinski definition) is 3. The lowest BCUT2D eigenvalue weighted by Crippen LogP contribution is -2.21. The molecule has 0 amide bonds. The van der Waals surface area contributed by atoms with E-state index in [0.717, 1.165) is 18.8 Å². The molecular weight excluding hydrogens is 216 g/mol. The molecule has 0 saturated heterocycles. The molecular formula is C13H22N2S. The monoisotopic (exact) mass is 238 g/mol. The van der Waals surface area contributed by atoms with Crippen molar-refractivity contribution >= 4 is 11.3 Å². The molecule has 1 aromatic rings. The lowest BCUT2D eigenvalue weighted by molar-refractivity contribution is 0.445. The minimum Gasteiger partial charge on any atom is -0.327 e. The summed E-state index contributed by atoms with van der Waals surface area (Å²) in [5.74, 6) is 0.889. The molecule has 1 aliphatic rings. The zero-order valence-electron chi connectivity index (χ0n) is 10.3. The zero-order chi connectivity index (χ0) is 11.5. The number of nitrogens with zero attached hydrogens (tertiary/aromatic N) is 1. The summed E-state index contributed by atoms with van der Waals surface area (Å²) in [7, 11) is 0. The van der Waals surface area contributed by atoms with Crippen molar-refractivity contribution in [2.24, 2.45) is 11.7 Å². The third kappa shape index (κ3) is 2.64. The normalized spacial score (nSPS) is 21.8. The minimum atomic E-state index is 0.287. The van der Waals surface area contributed by atoms with Crippen LogP contribution in [-0.4, -0.2) is 11.0 Å². The first-order valence-corrected chi connectivity index (χ1v) is 7.27. The van der Waals surface area contributed by atoms with E-state index in [-0.39, 0.29) is 6.04 Å². The van der Waals surface area contributed by atoms with E-state index in [1.807, 2.05) is 11.3 Å². The van der Waals surface area contributed by atoms with E-state index < -0.39 is 0 Å². The van der Waals surface area contributed by atoms with Gasteiger partial charge in [-0.05, 0) is 31.6 Å². The molecule has 1 aromatic heterocycles. The van der Waals surface area contributed by atoms with E-state index in [1.54, 1.807) is 0 Å². The average Bonchev–Trinajstić information content (AvgIpc) is 2.69. The summed E-state index contributed by atoms with van der Waals surface area (Å²) in [6, 6.07) is 0.287. The van der Waals surface area contributed by atoms with Crippen molar-refractivity contribution in [1.82, 2.24) is 4.98 Å². The molecule has 2 N–H and O–H groups in total. The Kier molecular flexibility index (Phi) is 3.98. The standard InChI is InChI=1S/C13H22N2S/c1-3-9-5-6-11-12(7-9)16-13(15-11)8-10(14)4-2/h9-10H,3-8,14H2,1-2H3. The Morgan fingerprint density at radius 1 is 1.50 bits per heavy atom. The smallest absolute Gasteiger partial charge is 0.0946 e. The van der Waals surface area contributed by atoms with Gasteiger partial charge in [0.1, 0.15) is 0 Å². The highest BCUT2D eigenvalue weighted by Gasteiger charge is 2.21. The summed E-state index contributed by atoms with van der Waals surface area (Å²) in [6.45, 7) is 4.44. The molecule has 0 fully saturated rings. The number of hydrogen-bond donors (Lipinski definition) is 1. The van der Waals surface area contributed by atoms with E-state index in [1.165, 1.54) is 41.3 Å². The summed E-state index contributed by atoms with van der Waals surface area (Å²) in [4.78, 5) is 6.28. The molecule has 2 unspecified atom stereocenters. The first-order valence-electron chi connectivity index (χ1n) is 6.45. The fraction of sp³-hybridized carbons (Fsp3) is 0.769. The van der Waals surface area contributed by atoms with Crippen LogP contribution in [-0.2, 0) is 19.3 Å². The predicted octanol–water partition coefficient (Wildman–Crippen LogP) is 2.94. The summed E-state index contributed by atoms with van der Waals surface area (Å²) < 4.78 is 0. The second kappa shape index (κ2) is 5.28. The first kappa shape index (κ1) is 12.1. The maximum absolute atomic E-state index is 5.98. The number of aromatic nitrogens is 1. The molecule has 90 valence electrons. The van der Waals surface area contributed by atoms with Crippen LogP contribution in [0, 0.1) is 5.92 Å². The Labute approximate surface area is 102 Å². The lowest BCUT2D eigenvalue weighted by atomic mass is 9.89. The Morgan fingerprint density at radius 2 is 2.31 bits per heavy atom. The van der Waals surface area contributed by atoms with Gasteiger partial charge < -0.3 is 5.73 Å². The van der Waals surface area contributed by atoms with Gasteiger partial charge in [0.25, 0.3) is 0 Å². The fourth-order valence-corrected chi connectivity index (χ4v) is 3.62. The van der Waals surface area contributed by atoms with Gasteiger partial charge in [0.2, 0.25) is 0 Å². The Bertz CT molecular complexity index is 346. The van der Waals surface area contributed by atoms with Gasteiger partial charge in [0, 0.05) is 17.3 Å². The van der Waals surface area contributed by atoms with Crippen molar-refractivity contribution < 1.29 is 0 Å². The van der Waals surface area contributed by atoms with E-state index in [4.69, 9.17) is 10.7 Å². The largest absolute Gasteiger partial charge is 0.327 e. The summed E-state index contributed by atoms with van der Waals surface area (Å²) >= 11 is 1.91. The van der Waals surface area contributed by atoms with Gasteiger partial charge in [0.05, 0.1) is 10.7 Å². The van der Waals surface area contributed by atoms with Crippen LogP contribution in [0.1, 0.15) is 48.7 Å². The van der Waals surface area contributed by atoms with Gasteiger partial charge in [-0.1, -0.05) is 20.3 Å². The molecule has 2 nitrogen and oxygen atoms in total. The van der Waals surface area contributed by atoms with Crippen LogP contribution in [0.25, 0.3) is 0 Å². The lowest BCUT2D eigenvalue weighted by Gasteiger charge is -2.18. The molecule has 0 aromatic carbocycles. The second-order valence-corrected chi connectivity index (χ2v) is 6.04. The van der Waals surface area contributed by atoms with Gasteiger partial charge in [-0.2, -0.15) is 0 Å². The molecule has 0 spiro atoms. The molecule has 0 saturated carbocycles. The van der Waals surface area contributed by atoms with Gasteiger partial charge in [-0.25, -0.2) is 4.98 Å². The van der Waals surface area contributed by atoms with E-state index in [0.29, 0.717) is 0 Å². The van der Waals surface area contributed by atoms with E-state index in [2.05, 4.69) is 13.8 Å². The number of aryl methyl sites for hydroxylation is 1. The molecule has 0 aliphatic heterocycles. The summed E-state index contributed by atoms with van der Waals surface area (Å²) in [6.07, 6.45) is 7.08. The first-order chi connectivity index (χ1) is 7.72. The van der Waals surface area contributed by atoms with E-state index >= 15 is 0 Å². The molecule has 0 radical (unpaired) electrons. The molecule has 1 aliphatic carbocycles. The average molecular weight is 238 g/mol. The quantitative estimate of drug-likeness (QED) is 0.876. The van der Waals surface area contributed by atoms with Gasteiger partial charge in [0.15, 0.2) is 0 Å². The molecule has 3 heteroatoms. The van der Waals surface area contributed by atoms with Crippen LogP contribution < -0.4 is 5.73 Å². The zero-order valence-corrected chi connectivity index (χ0v) is 11.1. The third-order valence-electron chi connectivity index (χ3n) is 3.62. The van der Waals surface area contributed by atoms with Crippen molar-refractivity contribution in [1.29, 1.82) is 0 Å². The van der Waals surface area contributed by atoms with Crippen molar-refractivity contribution in [3.05, 3.63) is 15.6 Å². The fourth-order valence-electron chi connectivity index (χ4n) is 2.30. The molecule has 2 atom stereocenters. The third-order valence-corrected chi connectivity index (χ3v) is 4.77. The second-order valence-electron chi connectivity index (χ2n) is 4.87. The highest BCUT2D eigenvalue weighted by Crippen LogP contribution is 2.31. The van der Waals surface area contributed by atoms with Crippen LogP contribution in [0.3, 0.4) is 0 Å². The number of rotatable bonds is 4. The van der Waals surface area contributed by atoms with Crippen LogP contribution >= 0.6 is 11.3 Å². The number of nitrogens with two attached hydrogens (primary N) is 1. The van der Waals surface area contributed by atoms with Crippen molar-refractivity contribution in [3.63, 3.8) is 0 Å². The SMILES string of the molecule is CCC(N)Cc1nc2c(s1)CC(CC)CC2. The predicted molar refractivity (Wildman–Crippen MR) is 69.9 cm³/mol. The van der Waals surface area contributed by atoms with Crippen LogP contribution in [0.15, 0.2) is 0 Å². The van der Waals surface area contributed by atoms with Gasteiger partial charge in [-0.15, -0.1) is 11.3 Å². The maximum atomic E-state index is 5.98. The maximum Gasteiger partial charge on any atom is 0.0946 e. The molecule has 16 heavy (non-hydrogen) atoms. The molecule has 1 heterocycles. The summed E-state index contributed by atoms with van der Waals surface area (Å²) in [5.41, 5.74) is 7.35. The van der Waals surface area contributed by atoms with Crippen molar-refractivity contribution in [2.45, 2.75) is 58.4 Å². The van der Waals surface area contributed by atoms with Crippen molar-refractivity contribution in [2.75, 3.05) is 0 Å². The highest BCUT2D eigenvalue weighted by molar-refractivity contribution is 7.11. The van der Waals surface area contributed by atoms with Crippen LogP contribution in [0.2, 0.25) is 0 Å². The number of thiazole rings is 1. The van der Waals surface area contributed by atoms with Crippen LogP contribution in [0.4, 0.5) is 0 Å². The number of fused-ring (bicyclic) bond motifs is 1. The van der Waals surface area contributed by atoms with Crippen molar-refractivity contribution in [3.8, 4) is 0 Å². The minimum absolute atomic E-state index is 0.287. The Balaban J connectivity index is 2.06. The molecule has 0 bridgehead atoms. The topological polar surface area (TPSA) is 38.9 Å². The van der Waals surface area contributed by atoms with Crippen LogP contribution in [0.5, 0.6) is 0 Å².